The minimum atomic E-state index is -4.49. The van der Waals surface area contributed by atoms with Gasteiger partial charge >= 0.3 is 6.18 Å². The number of nitrogens with two attached hydrogens (primary N) is 1. The highest BCUT2D eigenvalue weighted by Gasteiger charge is 2.30. The van der Waals surface area contributed by atoms with E-state index in [1.165, 1.54) is 18.3 Å². The monoisotopic (exact) mass is 303 g/mol. The fraction of sp³-hybridized carbons (Fsp3) is 0.538. The van der Waals surface area contributed by atoms with E-state index in [0.29, 0.717) is 5.92 Å². The van der Waals surface area contributed by atoms with Crippen LogP contribution in [0.1, 0.15) is 23.2 Å². The van der Waals surface area contributed by atoms with E-state index in [1.807, 2.05) is 0 Å². The first-order chi connectivity index (χ1) is 9.87. The molecule has 5 nitrogen and oxygen atoms in total. The average Bonchev–Trinajstić information content (AvgIpc) is 3.26. The van der Waals surface area contributed by atoms with Crippen LogP contribution in [0.3, 0.4) is 0 Å². The summed E-state index contributed by atoms with van der Waals surface area (Å²) in [6.45, 7) is -1.22. The molecular formula is C13H16F3N3O2. The number of rotatable bonds is 6. The van der Waals surface area contributed by atoms with Gasteiger partial charge in [-0.2, -0.15) is 13.2 Å². The Morgan fingerprint density at radius 3 is 2.86 bits per heavy atom. The van der Waals surface area contributed by atoms with Gasteiger partial charge in [0.15, 0.2) is 6.61 Å². The number of hydrogen-bond donors (Lipinski definition) is 2. The van der Waals surface area contributed by atoms with Crippen molar-refractivity contribution in [3.8, 4) is 5.88 Å². The molecule has 1 atom stereocenters. The van der Waals surface area contributed by atoms with Gasteiger partial charge in [-0.15, -0.1) is 0 Å². The Morgan fingerprint density at radius 1 is 1.52 bits per heavy atom. The van der Waals surface area contributed by atoms with Crippen molar-refractivity contribution in [2.45, 2.75) is 25.1 Å². The van der Waals surface area contributed by atoms with Crippen LogP contribution < -0.4 is 15.8 Å². The number of amides is 1. The maximum atomic E-state index is 12.2. The average molecular weight is 303 g/mol. The number of alkyl halides is 3. The van der Waals surface area contributed by atoms with Crippen molar-refractivity contribution in [3.05, 3.63) is 23.9 Å². The van der Waals surface area contributed by atoms with E-state index in [9.17, 15) is 18.0 Å². The molecule has 0 aliphatic heterocycles. The van der Waals surface area contributed by atoms with Crippen LogP contribution >= 0.6 is 0 Å². The molecule has 1 aromatic rings. The summed E-state index contributed by atoms with van der Waals surface area (Å²) >= 11 is 0. The van der Waals surface area contributed by atoms with Crippen molar-refractivity contribution in [1.29, 1.82) is 0 Å². The van der Waals surface area contributed by atoms with E-state index < -0.39 is 18.7 Å². The van der Waals surface area contributed by atoms with Gasteiger partial charge in [0.2, 0.25) is 5.88 Å². The molecule has 1 saturated carbocycles. The number of nitrogens with zero attached hydrogens (tertiary/aromatic N) is 1. The van der Waals surface area contributed by atoms with Crippen LogP contribution in [-0.2, 0) is 0 Å². The molecule has 2 rings (SSSR count). The van der Waals surface area contributed by atoms with Crippen LogP contribution in [0.15, 0.2) is 18.3 Å². The van der Waals surface area contributed by atoms with Crippen LogP contribution in [0.25, 0.3) is 0 Å². The van der Waals surface area contributed by atoms with Gasteiger partial charge in [0.25, 0.3) is 5.91 Å². The summed E-state index contributed by atoms with van der Waals surface area (Å²) in [4.78, 5) is 15.6. The molecule has 1 heterocycles. The number of carbonyl (C=O) groups excluding carboxylic acids is 1. The van der Waals surface area contributed by atoms with Gasteiger partial charge in [0, 0.05) is 18.8 Å². The van der Waals surface area contributed by atoms with E-state index in [0.717, 1.165) is 12.8 Å². The van der Waals surface area contributed by atoms with Crippen molar-refractivity contribution in [2.75, 3.05) is 13.2 Å². The first kappa shape index (κ1) is 15.6. The molecule has 0 saturated heterocycles. The lowest BCUT2D eigenvalue weighted by atomic mass is 10.2. The molecule has 1 aliphatic rings. The number of aromatic nitrogens is 1. The van der Waals surface area contributed by atoms with Crippen LogP contribution in [0, 0.1) is 5.92 Å². The Kier molecular flexibility index (Phi) is 4.66. The lowest BCUT2D eigenvalue weighted by Crippen LogP contribution is -2.38. The van der Waals surface area contributed by atoms with Crippen molar-refractivity contribution >= 4 is 5.91 Å². The fourth-order valence-corrected chi connectivity index (χ4v) is 1.83. The Morgan fingerprint density at radius 2 is 2.24 bits per heavy atom. The van der Waals surface area contributed by atoms with E-state index in [1.54, 1.807) is 0 Å². The smallest absolute Gasteiger partial charge is 0.422 e. The number of hydrogen-bond acceptors (Lipinski definition) is 4. The number of carbonyl (C=O) groups is 1. The maximum Gasteiger partial charge on any atom is 0.422 e. The number of halogens is 3. The Hall–Kier alpha value is -1.83. The third-order valence-corrected chi connectivity index (χ3v) is 3.11. The Bertz CT molecular complexity index is 504. The second-order valence-corrected chi connectivity index (χ2v) is 4.97. The van der Waals surface area contributed by atoms with Crippen molar-refractivity contribution in [1.82, 2.24) is 10.3 Å². The zero-order valence-corrected chi connectivity index (χ0v) is 11.2. The van der Waals surface area contributed by atoms with Gasteiger partial charge in [-0.1, -0.05) is 0 Å². The molecule has 116 valence electrons. The van der Waals surface area contributed by atoms with E-state index >= 15 is 0 Å². The lowest BCUT2D eigenvalue weighted by molar-refractivity contribution is -0.154. The summed E-state index contributed by atoms with van der Waals surface area (Å²) in [6, 6.07) is 2.68. The molecule has 0 radical (unpaired) electrons. The first-order valence-electron chi connectivity index (χ1n) is 6.55. The van der Waals surface area contributed by atoms with Crippen LogP contribution in [0.5, 0.6) is 5.88 Å². The third-order valence-electron chi connectivity index (χ3n) is 3.11. The molecule has 8 heteroatoms. The summed E-state index contributed by atoms with van der Waals surface area (Å²) in [7, 11) is 0. The maximum absolute atomic E-state index is 12.2. The second-order valence-electron chi connectivity index (χ2n) is 4.97. The first-order valence-corrected chi connectivity index (χ1v) is 6.55. The fourth-order valence-electron chi connectivity index (χ4n) is 1.83. The highest BCUT2D eigenvalue weighted by molar-refractivity contribution is 5.96. The molecule has 0 spiro atoms. The van der Waals surface area contributed by atoms with Gasteiger partial charge in [-0.25, -0.2) is 4.98 Å². The summed E-state index contributed by atoms with van der Waals surface area (Å²) in [5, 5.41) is 2.59. The minimum Gasteiger partial charge on any atom is -0.467 e. The highest BCUT2D eigenvalue weighted by Crippen LogP contribution is 2.31. The van der Waals surface area contributed by atoms with Crippen LogP contribution in [0.2, 0.25) is 0 Å². The van der Waals surface area contributed by atoms with Crippen LogP contribution in [-0.4, -0.2) is 36.3 Å². The molecule has 1 fully saturated rings. The van der Waals surface area contributed by atoms with Gasteiger partial charge in [-0.3, -0.25) is 4.79 Å². The van der Waals surface area contributed by atoms with Gasteiger partial charge < -0.3 is 15.8 Å². The Labute approximate surface area is 119 Å². The normalized spacial score (nSPS) is 16.4. The van der Waals surface area contributed by atoms with E-state index in [-0.39, 0.29) is 24.0 Å². The summed E-state index contributed by atoms with van der Waals surface area (Å²) < 4.78 is 41.0. The van der Waals surface area contributed by atoms with Crippen molar-refractivity contribution < 1.29 is 22.7 Å². The number of pyridine rings is 1. The largest absolute Gasteiger partial charge is 0.467 e. The standard InChI is InChI=1S/C13H16F3N3O2/c14-13(15,16)7-21-12-9(2-1-5-18-12)11(20)19-6-10(17)8-3-4-8/h1-2,5,8,10H,3-4,6-7,17H2,(H,19,20). The number of ether oxygens (including phenoxy) is 1. The quantitative estimate of drug-likeness (QED) is 0.834. The molecule has 0 bridgehead atoms. The second kappa shape index (κ2) is 6.30. The van der Waals surface area contributed by atoms with Gasteiger partial charge in [-0.05, 0) is 30.9 Å². The predicted octanol–water partition coefficient (Wildman–Crippen LogP) is 1.49. The Balaban J connectivity index is 1.95. The van der Waals surface area contributed by atoms with Crippen molar-refractivity contribution in [2.24, 2.45) is 11.7 Å². The zero-order chi connectivity index (χ0) is 15.5. The molecule has 0 aromatic carbocycles. The van der Waals surface area contributed by atoms with E-state index in [2.05, 4.69) is 15.0 Å². The SMILES string of the molecule is NC(CNC(=O)c1cccnc1OCC(F)(F)F)C1CC1. The number of nitrogens with one attached hydrogen (secondary N) is 1. The van der Waals surface area contributed by atoms with Gasteiger partial charge in [0.05, 0.1) is 0 Å². The molecule has 21 heavy (non-hydrogen) atoms. The summed E-state index contributed by atoms with van der Waals surface area (Å²) in [5.41, 5.74) is 5.81. The minimum absolute atomic E-state index is 0.0373. The lowest BCUT2D eigenvalue weighted by Gasteiger charge is -2.14. The van der Waals surface area contributed by atoms with Gasteiger partial charge in [0.1, 0.15) is 5.56 Å². The summed E-state index contributed by atoms with van der Waals surface area (Å²) in [6.07, 6.45) is -1.13. The molecular weight excluding hydrogens is 287 g/mol. The molecule has 1 aliphatic carbocycles. The molecule has 1 unspecified atom stereocenters. The summed E-state index contributed by atoms with van der Waals surface area (Å²) in [5.74, 6) is -0.469. The molecule has 1 aromatic heterocycles. The molecule has 1 amide bonds. The van der Waals surface area contributed by atoms with Crippen molar-refractivity contribution in [3.63, 3.8) is 0 Å². The highest BCUT2D eigenvalue weighted by atomic mass is 19.4. The van der Waals surface area contributed by atoms with Crippen LogP contribution in [0.4, 0.5) is 13.2 Å². The topological polar surface area (TPSA) is 77.2 Å². The zero-order valence-electron chi connectivity index (χ0n) is 11.2. The third kappa shape index (κ3) is 4.89. The molecule has 3 N–H and O–H groups in total. The predicted molar refractivity (Wildman–Crippen MR) is 68.8 cm³/mol. The van der Waals surface area contributed by atoms with E-state index in [4.69, 9.17) is 5.73 Å².